The van der Waals surface area contributed by atoms with Gasteiger partial charge in [0.2, 0.25) is 0 Å². The van der Waals surface area contributed by atoms with Crippen LogP contribution in [0.2, 0.25) is 5.02 Å². The predicted octanol–water partition coefficient (Wildman–Crippen LogP) is 4.19. The Balaban J connectivity index is 2.30. The fourth-order valence-electron chi connectivity index (χ4n) is 3.32. The van der Waals surface area contributed by atoms with E-state index in [2.05, 4.69) is 0 Å². The number of carbonyl (C=O) groups is 2. The van der Waals surface area contributed by atoms with Gasteiger partial charge in [-0.05, 0) is 64.2 Å². The highest BCUT2D eigenvalue weighted by atomic mass is 35.5. The zero-order chi connectivity index (χ0) is 21.1. The van der Waals surface area contributed by atoms with E-state index in [9.17, 15) is 24.2 Å². The van der Waals surface area contributed by atoms with Gasteiger partial charge < -0.3 is 19.8 Å². The summed E-state index contributed by atoms with van der Waals surface area (Å²) in [6.45, 7) is 5.04. The van der Waals surface area contributed by atoms with E-state index >= 15 is 0 Å². The van der Waals surface area contributed by atoms with Crippen molar-refractivity contribution in [1.29, 1.82) is 0 Å². The normalized spacial score (nSPS) is 21.1. The SMILES string of the molecule is CC(C)(C)OC(=O)N(C[C@@H](C(=O)O)c1ccc(Cl)c(F)c1)C1CCC(O)CC1. The largest absolute Gasteiger partial charge is 0.481 e. The zero-order valence-corrected chi connectivity index (χ0v) is 17.1. The highest BCUT2D eigenvalue weighted by Gasteiger charge is 2.35. The molecule has 1 saturated carbocycles. The minimum Gasteiger partial charge on any atom is -0.481 e. The number of nitrogens with zero attached hydrogens (tertiary/aromatic N) is 1. The van der Waals surface area contributed by atoms with E-state index in [0.717, 1.165) is 6.07 Å². The van der Waals surface area contributed by atoms with E-state index in [1.54, 1.807) is 20.8 Å². The van der Waals surface area contributed by atoms with Gasteiger partial charge in [0.05, 0.1) is 17.0 Å². The quantitative estimate of drug-likeness (QED) is 0.753. The Bertz CT molecular complexity index is 713. The van der Waals surface area contributed by atoms with Crippen LogP contribution in [0.1, 0.15) is 57.9 Å². The maximum absolute atomic E-state index is 13.9. The minimum atomic E-state index is -1.17. The molecular weight excluding hydrogens is 389 g/mol. The maximum atomic E-state index is 13.9. The molecule has 0 unspecified atom stereocenters. The van der Waals surface area contributed by atoms with Crippen LogP contribution >= 0.6 is 11.6 Å². The summed E-state index contributed by atoms with van der Waals surface area (Å²) in [7, 11) is 0. The highest BCUT2D eigenvalue weighted by Crippen LogP contribution is 2.29. The molecular formula is C20H27ClFNO5. The van der Waals surface area contributed by atoms with Gasteiger partial charge in [-0.1, -0.05) is 17.7 Å². The lowest BCUT2D eigenvalue weighted by atomic mass is 9.90. The van der Waals surface area contributed by atoms with Crippen molar-refractivity contribution in [2.45, 2.75) is 70.1 Å². The molecule has 0 aliphatic heterocycles. The van der Waals surface area contributed by atoms with Crippen molar-refractivity contribution in [2.24, 2.45) is 0 Å². The second-order valence-corrected chi connectivity index (χ2v) is 8.57. The molecule has 0 bridgehead atoms. The molecule has 1 aromatic rings. The first-order valence-electron chi connectivity index (χ1n) is 9.33. The lowest BCUT2D eigenvalue weighted by Gasteiger charge is -2.38. The van der Waals surface area contributed by atoms with Crippen LogP contribution < -0.4 is 0 Å². The average molecular weight is 416 g/mol. The van der Waals surface area contributed by atoms with E-state index in [1.165, 1.54) is 17.0 Å². The fraction of sp³-hybridized carbons (Fsp3) is 0.600. The Hall–Kier alpha value is -1.86. The third-order valence-corrected chi connectivity index (χ3v) is 5.06. The van der Waals surface area contributed by atoms with Gasteiger partial charge in [-0.25, -0.2) is 9.18 Å². The summed E-state index contributed by atoms with van der Waals surface area (Å²) in [5, 5.41) is 19.4. The van der Waals surface area contributed by atoms with Crippen molar-refractivity contribution < 1.29 is 28.9 Å². The van der Waals surface area contributed by atoms with E-state index in [4.69, 9.17) is 16.3 Å². The average Bonchev–Trinajstić information content (AvgIpc) is 2.57. The molecule has 1 aromatic carbocycles. The molecule has 2 rings (SSSR count). The highest BCUT2D eigenvalue weighted by molar-refractivity contribution is 6.30. The lowest BCUT2D eigenvalue weighted by Crippen LogP contribution is -2.48. The third kappa shape index (κ3) is 6.07. The first-order chi connectivity index (χ1) is 13.0. The molecule has 0 spiro atoms. The Labute approximate surface area is 169 Å². The summed E-state index contributed by atoms with van der Waals surface area (Å²) >= 11 is 5.70. The van der Waals surface area contributed by atoms with Crippen LogP contribution in [-0.2, 0) is 9.53 Å². The van der Waals surface area contributed by atoms with E-state index in [-0.39, 0.29) is 23.2 Å². The Morgan fingerprint density at radius 2 is 1.89 bits per heavy atom. The molecule has 0 radical (unpaired) electrons. The number of halogens is 2. The number of hydrogen-bond acceptors (Lipinski definition) is 4. The minimum absolute atomic E-state index is 0.0989. The molecule has 28 heavy (non-hydrogen) atoms. The number of rotatable bonds is 5. The van der Waals surface area contributed by atoms with Gasteiger partial charge in [-0.15, -0.1) is 0 Å². The fourth-order valence-corrected chi connectivity index (χ4v) is 3.43. The van der Waals surface area contributed by atoms with Crippen LogP contribution in [-0.4, -0.2) is 51.5 Å². The van der Waals surface area contributed by atoms with E-state index < -0.39 is 35.5 Å². The maximum Gasteiger partial charge on any atom is 0.410 e. The number of aliphatic carboxylic acids is 1. The molecule has 6 nitrogen and oxygen atoms in total. The standard InChI is InChI=1S/C20H27ClFNO5/c1-20(2,3)28-19(27)23(13-5-7-14(24)8-6-13)11-15(18(25)26)12-4-9-16(21)17(22)10-12/h4,9-10,13-15,24H,5-8,11H2,1-3H3,(H,25,26)/t13?,14?,15-/m1/s1. The van der Waals surface area contributed by atoms with Crippen molar-refractivity contribution in [1.82, 2.24) is 4.90 Å². The Morgan fingerprint density at radius 1 is 1.29 bits per heavy atom. The molecule has 156 valence electrons. The Kier molecular flexibility index (Phi) is 7.28. The number of ether oxygens (including phenoxy) is 1. The van der Waals surface area contributed by atoms with Crippen LogP contribution in [0.15, 0.2) is 18.2 Å². The summed E-state index contributed by atoms with van der Waals surface area (Å²) in [6.07, 6.45) is 1.10. The van der Waals surface area contributed by atoms with Crippen LogP contribution in [0.25, 0.3) is 0 Å². The van der Waals surface area contributed by atoms with Crippen molar-refractivity contribution >= 4 is 23.7 Å². The number of carbonyl (C=O) groups excluding carboxylic acids is 1. The topological polar surface area (TPSA) is 87.1 Å². The molecule has 2 N–H and O–H groups in total. The number of carboxylic acid groups (broad SMARTS) is 1. The van der Waals surface area contributed by atoms with Crippen LogP contribution in [0, 0.1) is 5.82 Å². The summed E-state index contributed by atoms with van der Waals surface area (Å²) in [5.74, 6) is -3.02. The van der Waals surface area contributed by atoms with E-state index in [0.29, 0.717) is 25.7 Å². The summed E-state index contributed by atoms with van der Waals surface area (Å²) in [5.41, 5.74) is -0.520. The van der Waals surface area contributed by atoms with Crippen LogP contribution in [0.4, 0.5) is 9.18 Å². The molecule has 1 amide bonds. The van der Waals surface area contributed by atoms with Gasteiger partial charge in [0.1, 0.15) is 11.4 Å². The molecule has 1 aliphatic rings. The smallest absolute Gasteiger partial charge is 0.410 e. The number of aliphatic hydroxyl groups excluding tert-OH is 1. The van der Waals surface area contributed by atoms with Gasteiger partial charge in [0, 0.05) is 12.6 Å². The van der Waals surface area contributed by atoms with Crippen molar-refractivity contribution in [2.75, 3.05) is 6.54 Å². The molecule has 8 heteroatoms. The lowest BCUT2D eigenvalue weighted by molar-refractivity contribution is -0.139. The summed E-state index contributed by atoms with van der Waals surface area (Å²) in [6, 6.07) is 3.58. The number of benzene rings is 1. The van der Waals surface area contributed by atoms with Crippen molar-refractivity contribution in [3.05, 3.63) is 34.6 Å². The number of hydrogen-bond donors (Lipinski definition) is 2. The summed E-state index contributed by atoms with van der Waals surface area (Å²) < 4.78 is 19.3. The first-order valence-corrected chi connectivity index (χ1v) is 9.71. The second-order valence-electron chi connectivity index (χ2n) is 8.16. The van der Waals surface area contributed by atoms with Crippen molar-refractivity contribution in [3.8, 4) is 0 Å². The van der Waals surface area contributed by atoms with Gasteiger partial charge in [-0.2, -0.15) is 0 Å². The van der Waals surface area contributed by atoms with Gasteiger partial charge in [0.25, 0.3) is 0 Å². The van der Waals surface area contributed by atoms with Gasteiger partial charge in [-0.3, -0.25) is 4.79 Å². The first kappa shape index (κ1) is 22.4. The molecule has 0 heterocycles. The second kappa shape index (κ2) is 9.09. The van der Waals surface area contributed by atoms with Gasteiger partial charge in [0.15, 0.2) is 0 Å². The molecule has 0 saturated heterocycles. The van der Waals surface area contributed by atoms with Crippen LogP contribution in [0.3, 0.4) is 0 Å². The van der Waals surface area contributed by atoms with Crippen LogP contribution in [0.5, 0.6) is 0 Å². The monoisotopic (exact) mass is 415 g/mol. The molecule has 1 atom stereocenters. The Morgan fingerprint density at radius 3 is 2.39 bits per heavy atom. The predicted molar refractivity (Wildman–Crippen MR) is 103 cm³/mol. The summed E-state index contributed by atoms with van der Waals surface area (Å²) in [4.78, 5) is 26.1. The molecule has 1 fully saturated rings. The number of aliphatic hydroxyl groups is 1. The third-order valence-electron chi connectivity index (χ3n) is 4.76. The van der Waals surface area contributed by atoms with E-state index in [1.807, 2.05) is 0 Å². The number of amides is 1. The zero-order valence-electron chi connectivity index (χ0n) is 16.3. The molecule has 0 aromatic heterocycles. The number of carboxylic acids is 1. The molecule has 1 aliphatic carbocycles. The van der Waals surface area contributed by atoms with Gasteiger partial charge >= 0.3 is 12.1 Å². The van der Waals surface area contributed by atoms with Crippen molar-refractivity contribution in [3.63, 3.8) is 0 Å².